The molecular weight excluding hydrogens is 326 g/mol. The number of ether oxygens (including phenoxy) is 2. The first-order chi connectivity index (χ1) is 12.6. The summed E-state index contributed by atoms with van der Waals surface area (Å²) in [6.07, 6.45) is 1.77. The molecule has 0 atom stereocenters. The SMILES string of the molecule is CCOc1ccccc1OC1CCN(C(=O)c2cccc(C)c2C)CC1. The second-order valence-corrected chi connectivity index (χ2v) is 6.74. The molecule has 0 radical (unpaired) electrons. The minimum atomic E-state index is 0.110. The van der Waals surface area contributed by atoms with Crippen LogP contribution in [-0.4, -0.2) is 36.6 Å². The molecule has 2 aromatic carbocycles. The molecular formula is C22H27NO3. The number of rotatable bonds is 5. The maximum atomic E-state index is 12.8. The second-order valence-electron chi connectivity index (χ2n) is 6.74. The number of para-hydroxylation sites is 2. The molecule has 1 saturated heterocycles. The van der Waals surface area contributed by atoms with Crippen LogP contribution in [0.3, 0.4) is 0 Å². The predicted molar refractivity (Wildman–Crippen MR) is 103 cm³/mol. The van der Waals surface area contributed by atoms with Gasteiger partial charge in [-0.15, -0.1) is 0 Å². The highest BCUT2D eigenvalue weighted by molar-refractivity contribution is 5.96. The number of carbonyl (C=O) groups is 1. The Morgan fingerprint density at radius 3 is 2.42 bits per heavy atom. The van der Waals surface area contributed by atoms with E-state index in [4.69, 9.17) is 9.47 Å². The van der Waals surface area contributed by atoms with Gasteiger partial charge < -0.3 is 14.4 Å². The molecule has 2 aromatic rings. The van der Waals surface area contributed by atoms with Crippen LogP contribution in [0.15, 0.2) is 42.5 Å². The summed E-state index contributed by atoms with van der Waals surface area (Å²) >= 11 is 0. The molecule has 0 bridgehead atoms. The number of piperidine rings is 1. The van der Waals surface area contributed by atoms with Crippen molar-refractivity contribution in [2.75, 3.05) is 19.7 Å². The fourth-order valence-electron chi connectivity index (χ4n) is 3.33. The highest BCUT2D eigenvalue weighted by Gasteiger charge is 2.26. The highest BCUT2D eigenvalue weighted by atomic mass is 16.5. The molecule has 4 heteroatoms. The lowest BCUT2D eigenvalue weighted by atomic mass is 10.0. The Morgan fingerprint density at radius 1 is 1.04 bits per heavy atom. The monoisotopic (exact) mass is 353 g/mol. The lowest BCUT2D eigenvalue weighted by Gasteiger charge is -2.33. The zero-order chi connectivity index (χ0) is 18.5. The summed E-state index contributed by atoms with van der Waals surface area (Å²) in [5.41, 5.74) is 3.04. The normalized spacial score (nSPS) is 15.0. The highest BCUT2D eigenvalue weighted by Crippen LogP contribution is 2.29. The summed E-state index contributed by atoms with van der Waals surface area (Å²) in [5.74, 6) is 1.69. The average molecular weight is 353 g/mol. The smallest absolute Gasteiger partial charge is 0.254 e. The van der Waals surface area contributed by atoms with Crippen LogP contribution in [0.2, 0.25) is 0 Å². The zero-order valence-corrected chi connectivity index (χ0v) is 15.8. The van der Waals surface area contributed by atoms with Crippen molar-refractivity contribution in [3.63, 3.8) is 0 Å². The van der Waals surface area contributed by atoms with Gasteiger partial charge in [0.1, 0.15) is 6.10 Å². The van der Waals surface area contributed by atoms with Crippen LogP contribution in [0.5, 0.6) is 11.5 Å². The van der Waals surface area contributed by atoms with E-state index in [1.54, 1.807) is 0 Å². The Balaban J connectivity index is 1.61. The minimum Gasteiger partial charge on any atom is -0.490 e. The van der Waals surface area contributed by atoms with Crippen LogP contribution in [0, 0.1) is 13.8 Å². The van der Waals surface area contributed by atoms with Crippen LogP contribution in [0.1, 0.15) is 41.3 Å². The zero-order valence-electron chi connectivity index (χ0n) is 15.8. The van der Waals surface area contributed by atoms with Crippen LogP contribution >= 0.6 is 0 Å². The van der Waals surface area contributed by atoms with Gasteiger partial charge >= 0.3 is 0 Å². The van der Waals surface area contributed by atoms with Gasteiger partial charge in [-0.3, -0.25) is 4.79 Å². The number of hydrogen-bond donors (Lipinski definition) is 0. The summed E-state index contributed by atoms with van der Waals surface area (Å²) in [7, 11) is 0. The molecule has 0 aliphatic carbocycles. The maximum Gasteiger partial charge on any atom is 0.254 e. The average Bonchev–Trinajstić information content (AvgIpc) is 2.66. The Bertz CT molecular complexity index is 764. The van der Waals surface area contributed by atoms with Gasteiger partial charge in [0.15, 0.2) is 11.5 Å². The Morgan fingerprint density at radius 2 is 1.73 bits per heavy atom. The van der Waals surface area contributed by atoms with E-state index in [0.29, 0.717) is 19.7 Å². The third kappa shape index (κ3) is 4.01. The van der Waals surface area contributed by atoms with Gasteiger partial charge in [0, 0.05) is 31.5 Å². The number of aryl methyl sites for hydroxylation is 1. The molecule has 3 rings (SSSR count). The quantitative estimate of drug-likeness (QED) is 0.800. The molecule has 0 saturated carbocycles. The van der Waals surface area contributed by atoms with E-state index in [2.05, 4.69) is 0 Å². The molecule has 138 valence electrons. The van der Waals surface area contributed by atoms with Crippen molar-refractivity contribution in [3.8, 4) is 11.5 Å². The van der Waals surface area contributed by atoms with Gasteiger partial charge in [-0.25, -0.2) is 0 Å². The molecule has 1 fully saturated rings. The largest absolute Gasteiger partial charge is 0.490 e. The first-order valence-corrected chi connectivity index (χ1v) is 9.34. The Hall–Kier alpha value is -2.49. The summed E-state index contributed by atoms with van der Waals surface area (Å²) in [4.78, 5) is 14.8. The van der Waals surface area contributed by atoms with Gasteiger partial charge in [0.2, 0.25) is 0 Å². The van der Waals surface area contributed by atoms with E-state index < -0.39 is 0 Å². The molecule has 0 unspecified atom stereocenters. The first kappa shape index (κ1) is 18.3. The molecule has 1 aliphatic heterocycles. The van der Waals surface area contributed by atoms with Gasteiger partial charge in [-0.1, -0.05) is 24.3 Å². The molecule has 1 heterocycles. The maximum absolute atomic E-state index is 12.8. The van der Waals surface area contributed by atoms with Crippen molar-refractivity contribution in [2.24, 2.45) is 0 Å². The fourth-order valence-corrected chi connectivity index (χ4v) is 3.33. The lowest BCUT2D eigenvalue weighted by molar-refractivity contribution is 0.0588. The Kier molecular flexibility index (Phi) is 5.82. The van der Waals surface area contributed by atoms with E-state index in [9.17, 15) is 4.79 Å². The van der Waals surface area contributed by atoms with Gasteiger partial charge in [0.05, 0.1) is 6.61 Å². The van der Waals surface area contributed by atoms with Crippen molar-refractivity contribution >= 4 is 5.91 Å². The van der Waals surface area contributed by atoms with Crippen molar-refractivity contribution in [1.29, 1.82) is 0 Å². The first-order valence-electron chi connectivity index (χ1n) is 9.34. The summed E-state index contributed by atoms with van der Waals surface area (Å²) in [6.45, 7) is 8.07. The summed E-state index contributed by atoms with van der Waals surface area (Å²) < 4.78 is 11.8. The van der Waals surface area contributed by atoms with Crippen LogP contribution < -0.4 is 9.47 Å². The molecule has 0 N–H and O–H groups in total. The number of nitrogens with zero attached hydrogens (tertiary/aromatic N) is 1. The third-order valence-corrected chi connectivity index (χ3v) is 5.01. The van der Waals surface area contributed by atoms with Crippen LogP contribution in [-0.2, 0) is 0 Å². The van der Waals surface area contributed by atoms with E-state index in [0.717, 1.165) is 41.0 Å². The van der Waals surface area contributed by atoms with Crippen molar-refractivity contribution in [2.45, 2.75) is 39.7 Å². The van der Waals surface area contributed by atoms with Crippen molar-refractivity contribution in [3.05, 3.63) is 59.2 Å². The predicted octanol–water partition coefficient (Wildman–Crippen LogP) is 4.39. The molecule has 0 aromatic heterocycles. The van der Waals surface area contributed by atoms with Crippen molar-refractivity contribution in [1.82, 2.24) is 4.90 Å². The summed E-state index contributed by atoms with van der Waals surface area (Å²) in [5, 5.41) is 0. The number of carbonyl (C=O) groups excluding carboxylic acids is 1. The van der Waals surface area contributed by atoms with E-state index in [1.807, 2.05) is 68.1 Å². The number of benzene rings is 2. The standard InChI is InChI=1S/C22H27NO3/c1-4-25-20-10-5-6-11-21(20)26-18-12-14-23(15-13-18)22(24)19-9-7-8-16(2)17(19)3/h5-11,18H,4,12-15H2,1-3H3. The number of amides is 1. The van der Waals surface area contributed by atoms with E-state index in [-0.39, 0.29) is 12.0 Å². The van der Waals surface area contributed by atoms with Crippen LogP contribution in [0.25, 0.3) is 0 Å². The minimum absolute atomic E-state index is 0.110. The lowest BCUT2D eigenvalue weighted by Crippen LogP contribution is -2.42. The number of likely N-dealkylation sites (tertiary alicyclic amines) is 1. The molecule has 1 amide bonds. The topological polar surface area (TPSA) is 38.8 Å². The van der Waals surface area contributed by atoms with Gasteiger partial charge in [-0.05, 0) is 50.1 Å². The third-order valence-electron chi connectivity index (χ3n) is 5.01. The molecule has 1 aliphatic rings. The fraction of sp³-hybridized carbons (Fsp3) is 0.409. The molecule has 4 nitrogen and oxygen atoms in total. The Labute approximate surface area is 155 Å². The van der Waals surface area contributed by atoms with Gasteiger partial charge in [-0.2, -0.15) is 0 Å². The molecule has 0 spiro atoms. The van der Waals surface area contributed by atoms with Crippen molar-refractivity contribution < 1.29 is 14.3 Å². The summed E-state index contributed by atoms with van der Waals surface area (Å²) in [6, 6.07) is 13.7. The van der Waals surface area contributed by atoms with E-state index >= 15 is 0 Å². The number of hydrogen-bond acceptors (Lipinski definition) is 3. The van der Waals surface area contributed by atoms with Crippen LogP contribution in [0.4, 0.5) is 0 Å². The molecule has 26 heavy (non-hydrogen) atoms. The van der Waals surface area contributed by atoms with Gasteiger partial charge in [0.25, 0.3) is 5.91 Å². The van der Waals surface area contributed by atoms with E-state index in [1.165, 1.54) is 0 Å². The second kappa shape index (κ2) is 8.26.